The smallest absolute Gasteiger partial charge is 0.170 e. The van der Waals surface area contributed by atoms with Gasteiger partial charge in [0.1, 0.15) is 6.10 Å². The molecule has 292 valence electrons. The highest BCUT2D eigenvalue weighted by Crippen LogP contribution is 2.89. The van der Waals surface area contributed by atoms with Crippen LogP contribution < -0.4 is 0 Å². The molecule has 2 spiro atoms. The van der Waals surface area contributed by atoms with Gasteiger partial charge in [-0.15, -0.1) is 0 Å². The first kappa shape index (κ1) is 37.6. The van der Waals surface area contributed by atoms with Crippen LogP contribution in [-0.4, -0.2) is 113 Å². The highest BCUT2D eigenvalue weighted by molar-refractivity contribution is 5.33. The van der Waals surface area contributed by atoms with Gasteiger partial charge in [0.15, 0.2) is 6.29 Å². The molecule has 8 fully saturated rings. The molecule has 2 N–H and O–H groups in total. The van der Waals surface area contributed by atoms with Gasteiger partial charge in [0.2, 0.25) is 0 Å². The van der Waals surface area contributed by atoms with Crippen LogP contribution in [0.25, 0.3) is 0 Å². The standard InChI is InChI=1S/C43H74N2O6/c1-12-48-36(38(7,8)47)28-21-27(4)33-34(50-28)35(46)41(11)30-14-13-29-37(5,6)31(15-16-42(29)23-43(30,42)18-17-40(33,41)10)51-32-22-45(19-20-49-32)39(9)24-44(25-39)26(2)3/h26-36,46-47H,12-25H2,1-11H3/t27-,28-,29+,30+,31+,32+,33+,34+,35+,36+,40-,41-,42-,43+/m1/s1. The minimum atomic E-state index is -1.01. The van der Waals surface area contributed by atoms with E-state index in [4.69, 9.17) is 18.9 Å². The third kappa shape index (κ3) is 5.11. The van der Waals surface area contributed by atoms with E-state index in [-0.39, 0.29) is 46.4 Å². The average molecular weight is 715 g/mol. The predicted molar refractivity (Wildman–Crippen MR) is 199 cm³/mol. The largest absolute Gasteiger partial charge is 0.390 e. The summed E-state index contributed by atoms with van der Waals surface area (Å²) in [6.07, 6.45) is 8.10. The molecule has 0 aromatic rings. The van der Waals surface area contributed by atoms with Gasteiger partial charge in [0.05, 0.1) is 43.2 Å². The second kappa shape index (κ2) is 12.1. The first-order chi connectivity index (χ1) is 23.8. The van der Waals surface area contributed by atoms with Crippen LogP contribution in [0.4, 0.5) is 0 Å². The topological polar surface area (TPSA) is 83.9 Å². The maximum Gasteiger partial charge on any atom is 0.170 e. The number of ether oxygens (including phenoxy) is 4. The minimum absolute atomic E-state index is 0.0210. The lowest BCUT2D eigenvalue weighted by molar-refractivity contribution is -0.259. The van der Waals surface area contributed by atoms with Crippen LogP contribution in [-0.2, 0) is 18.9 Å². The maximum atomic E-state index is 12.7. The van der Waals surface area contributed by atoms with Crippen molar-refractivity contribution in [2.24, 2.45) is 50.7 Å². The van der Waals surface area contributed by atoms with Crippen LogP contribution in [0.5, 0.6) is 0 Å². The Morgan fingerprint density at radius 3 is 2.31 bits per heavy atom. The number of rotatable bonds is 8. The van der Waals surface area contributed by atoms with Crippen molar-refractivity contribution in [2.75, 3.05) is 39.4 Å². The fourth-order valence-electron chi connectivity index (χ4n) is 15.5. The van der Waals surface area contributed by atoms with Crippen molar-refractivity contribution in [3.63, 3.8) is 0 Å². The van der Waals surface area contributed by atoms with Crippen molar-refractivity contribution in [1.82, 2.24) is 9.80 Å². The molecule has 3 aliphatic heterocycles. The Kier molecular flexibility index (Phi) is 8.91. The van der Waals surface area contributed by atoms with Gasteiger partial charge in [-0.05, 0) is 138 Å². The van der Waals surface area contributed by atoms with Gasteiger partial charge < -0.3 is 29.2 Å². The Bertz CT molecular complexity index is 1330. The zero-order valence-electron chi connectivity index (χ0n) is 34.2. The number of nitrogens with zero attached hydrogens (tertiary/aromatic N) is 2. The van der Waals surface area contributed by atoms with Gasteiger partial charge in [-0.1, -0.05) is 34.6 Å². The Balaban J connectivity index is 0.993. The summed E-state index contributed by atoms with van der Waals surface area (Å²) in [5.41, 5.74) is -0.231. The molecule has 0 bridgehead atoms. The van der Waals surface area contributed by atoms with Crippen molar-refractivity contribution in [3.05, 3.63) is 0 Å². The summed E-state index contributed by atoms with van der Waals surface area (Å²) >= 11 is 0. The van der Waals surface area contributed by atoms with Gasteiger partial charge in [-0.25, -0.2) is 0 Å². The van der Waals surface area contributed by atoms with Crippen LogP contribution >= 0.6 is 0 Å². The maximum absolute atomic E-state index is 12.7. The van der Waals surface area contributed by atoms with Crippen molar-refractivity contribution in [3.8, 4) is 0 Å². The van der Waals surface area contributed by atoms with Gasteiger partial charge in [0, 0.05) is 43.2 Å². The van der Waals surface area contributed by atoms with Crippen LogP contribution in [0.2, 0.25) is 0 Å². The van der Waals surface area contributed by atoms with Crippen LogP contribution in [0.1, 0.15) is 128 Å². The summed E-state index contributed by atoms with van der Waals surface area (Å²) in [5, 5.41) is 23.8. The summed E-state index contributed by atoms with van der Waals surface area (Å²) in [4.78, 5) is 5.22. The molecule has 0 aromatic carbocycles. The quantitative estimate of drug-likeness (QED) is 0.295. The molecule has 0 amide bonds. The fourth-order valence-corrected chi connectivity index (χ4v) is 15.5. The Labute approximate surface area is 310 Å². The van der Waals surface area contributed by atoms with E-state index >= 15 is 0 Å². The zero-order chi connectivity index (χ0) is 36.7. The molecule has 8 nitrogen and oxygen atoms in total. The van der Waals surface area contributed by atoms with Crippen LogP contribution in [0.3, 0.4) is 0 Å². The molecule has 51 heavy (non-hydrogen) atoms. The van der Waals surface area contributed by atoms with Crippen molar-refractivity contribution < 1.29 is 29.2 Å². The first-order valence-electron chi connectivity index (χ1n) is 21.2. The monoisotopic (exact) mass is 715 g/mol. The highest BCUT2D eigenvalue weighted by atomic mass is 16.7. The number of morpholine rings is 1. The third-order valence-corrected chi connectivity index (χ3v) is 18.1. The molecular formula is C43H74N2O6. The van der Waals surface area contributed by atoms with Crippen LogP contribution in [0.15, 0.2) is 0 Å². The van der Waals surface area contributed by atoms with E-state index in [1.165, 1.54) is 38.5 Å². The lowest BCUT2D eigenvalue weighted by Crippen LogP contribution is -2.72. The summed E-state index contributed by atoms with van der Waals surface area (Å²) in [6.45, 7) is 30.5. The number of aliphatic hydroxyl groups is 2. The molecule has 5 aliphatic carbocycles. The van der Waals surface area contributed by atoms with E-state index in [1.54, 1.807) is 0 Å². The molecule has 0 aromatic heterocycles. The number of hydrogen-bond donors (Lipinski definition) is 2. The van der Waals surface area contributed by atoms with Gasteiger partial charge >= 0.3 is 0 Å². The Hall–Kier alpha value is -0.320. The average Bonchev–Trinajstić information content (AvgIpc) is 3.67. The van der Waals surface area contributed by atoms with Crippen molar-refractivity contribution in [1.29, 1.82) is 0 Å². The number of likely N-dealkylation sites (tertiary alicyclic amines) is 1. The molecule has 8 heteroatoms. The van der Waals surface area contributed by atoms with E-state index in [9.17, 15) is 10.2 Å². The van der Waals surface area contributed by atoms with E-state index in [0.29, 0.717) is 47.2 Å². The second-order valence-corrected chi connectivity index (χ2v) is 21.5. The van der Waals surface area contributed by atoms with Crippen molar-refractivity contribution >= 4 is 0 Å². The van der Waals surface area contributed by atoms with Crippen LogP contribution in [0, 0.1) is 50.7 Å². The van der Waals surface area contributed by atoms with E-state index in [2.05, 4.69) is 65.2 Å². The van der Waals surface area contributed by atoms with Gasteiger partial charge in [0.25, 0.3) is 0 Å². The molecule has 8 aliphatic rings. The van der Waals surface area contributed by atoms with Gasteiger partial charge in [-0.3, -0.25) is 9.80 Å². The lowest BCUT2D eigenvalue weighted by atomic mass is 9.41. The van der Waals surface area contributed by atoms with E-state index in [0.717, 1.165) is 45.6 Å². The van der Waals surface area contributed by atoms with E-state index < -0.39 is 17.8 Å². The predicted octanol–water partition coefficient (Wildman–Crippen LogP) is 6.50. The highest BCUT2D eigenvalue weighted by Gasteiger charge is 2.84. The Morgan fingerprint density at radius 1 is 0.961 bits per heavy atom. The Morgan fingerprint density at radius 2 is 1.65 bits per heavy atom. The molecule has 14 atom stereocenters. The summed E-state index contributed by atoms with van der Waals surface area (Å²) in [7, 11) is 0. The summed E-state index contributed by atoms with van der Waals surface area (Å²) in [6, 6.07) is 0.603. The number of fused-ring (bicyclic) bond motifs is 4. The van der Waals surface area contributed by atoms with Crippen molar-refractivity contribution in [2.45, 2.75) is 182 Å². The minimum Gasteiger partial charge on any atom is -0.390 e. The number of hydrogen-bond acceptors (Lipinski definition) is 8. The lowest BCUT2D eigenvalue weighted by Gasteiger charge is -2.64. The molecule has 3 heterocycles. The summed E-state index contributed by atoms with van der Waals surface area (Å²) < 4.78 is 26.6. The van der Waals surface area contributed by atoms with Gasteiger partial charge in [-0.2, -0.15) is 0 Å². The third-order valence-electron chi connectivity index (χ3n) is 18.1. The van der Waals surface area contributed by atoms with E-state index in [1.807, 2.05) is 20.8 Å². The summed E-state index contributed by atoms with van der Waals surface area (Å²) in [5.74, 6) is 1.85. The number of aliphatic hydroxyl groups excluding tert-OH is 1. The molecule has 3 saturated heterocycles. The fraction of sp³-hybridized carbons (Fsp3) is 1.00. The zero-order valence-corrected chi connectivity index (χ0v) is 34.2. The molecular weight excluding hydrogens is 640 g/mol. The molecule has 8 rings (SSSR count). The normalized spacial score (nSPS) is 51.1. The first-order valence-corrected chi connectivity index (χ1v) is 21.2. The molecule has 5 saturated carbocycles. The molecule has 0 unspecified atom stereocenters. The SMILES string of the molecule is CCO[C@@H]([C@H]1C[C@@H](C)[C@H]2[C@H](O1)[C@H](O)[C@@]1(C)[C@@H]3CC[C@H]4C(C)(C)[C@@H](O[C@H]5CN(C6(C)CN(C(C)C)C6)CCO5)CC[C@@]45C[C@@]35CC[C@]21C)C(C)(C)O. The second-order valence-electron chi connectivity index (χ2n) is 21.5. The molecule has 0 radical (unpaired) electrons.